The molecule has 12 heavy (non-hydrogen) atoms. The summed E-state index contributed by atoms with van der Waals surface area (Å²) < 4.78 is 0. The van der Waals surface area contributed by atoms with Gasteiger partial charge in [-0.2, -0.15) is 0 Å². The third-order valence-corrected chi connectivity index (χ3v) is 1.88. The van der Waals surface area contributed by atoms with Crippen molar-refractivity contribution >= 4 is 6.08 Å². The summed E-state index contributed by atoms with van der Waals surface area (Å²) in [5.74, 6) is 0.369. The molecule has 0 aliphatic carbocycles. The second-order valence-electron chi connectivity index (χ2n) is 2.80. The van der Waals surface area contributed by atoms with Crippen molar-refractivity contribution in [3.63, 3.8) is 0 Å². The van der Waals surface area contributed by atoms with Crippen LogP contribution < -0.4 is 0 Å². The first-order chi connectivity index (χ1) is 5.75. The fourth-order valence-electron chi connectivity index (χ4n) is 1.07. The van der Waals surface area contributed by atoms with E-state index in [4.69, 9.17) is 0 Å². The predicted molar refractivity (Wildman–Crippen MR) is 52.2 cm³/mol. The minimum Gasteiger partial charge on any atom is -0.508 e. The lowest BCUT2D eigenvalue weighted by molar-refractivity contribution is 0.471. The van der Waals surface area contributed by atoms with Crippen LogP contribution >= 0.6 is 0 Å². The highest BCUT2D eigenvalue weighted by Gasteiger charge is 1.97. The zero-order chi connectivity index (χ0) is 8.97. The van der Waals surface area contributed by atoms with E-state index in [0.29, 0.717) is 5.75 Å². The van der Waals surface area contributed by atoms with E-state index in [1.54, 1.807) is 6.07 Å². The average Bonchev–Trinajstić information content (AvgIpc) is 2.08. The maximum Gasteiger partial charge on any atom is 0.119 e. The van der Waals surface area contributed by atoms with Gasteiger partial charge in [-0.25, -0.2) is 0 Å². The number of allylic oxidation sites excluding steroid dienone is 1. The van der Waals surface area contributed by atoms with Crippen molar-refractivity contribution in [1.82, 2.24) is 0 Å². The summed E-state index contributed by atoms with van der Waals surface area (Å²) >= 11 is 0. The van der Waals surface area contributed by atoms with Gasteiger partial charge >= 0.3 is 0 Å². The first-order valence-electron chi connectivity index (χ1n) is 4.20. The second kappa shape index (κ2) is 3.96. The number of benzene rings is 1. The highest BCUT2D eigenvalue weighted by Crippen LogP contribution is 2.20. The maximum atomic E-state index is 9.37. The molecule has 0 atom stereocenters. The average molecular weight is 162 g/mol. The van der Waals surface area contributed by atoms with Gasteiger partial charge in [-0.15, -0.1) is 0 Å². The monoisotopic (exact) mass is 162 g/mol. The van der Waals surface area contributed by atoms with Crippen LogP contribution in [0.15, 0.2) is 24.3 Å². The Morgan fingerprint density at radius 3 is 2.83 bits per heavy atom. The summed E-state index contributed by atoms with van der Waals surface area (Å²) in [5.41, 5.74) is 2.04. The number of phenols is 1. The number of hydrogen-bond donors (Lipinski definition) is 1. The number of rotatable bonds is 2. The molecule has 0 heterocycles. The van der Waals surface area contributed by atoms with Crippen LogP contribution in [0.3, 0.4) is 0 Å². The molecule has 0 bridgehead atoms. The molecule has 0 saturated carbocycles. The minimum atomic E-state index is 0.369. The van der Waals surface area contributed by atoms with Gasteiger partial charge in [-0.05, 0) is 30.5 Å². The van der Waals surface area contributed by atoms with Gasteiger partial charge in [0.15, 0.2) is 0 Å². The Balaban J connectivity index is 3.00. The fraction of sp³-hybridized carbons (Fsp3) is 0.273. The molecule has 0 radical (unpaired) electrons. The molecule has 0 aliphatic heterocycles. The van der Waals surface area contributed by atoms with Gasteiger partial charge in [0, 0.05) is 0 Å². The van der Waals surface area contributed by atoms with Gasteiger partial charge in [-0.1, -0.05) is 31.2 Å². The highest BCUT2D eigenvalue weighted by atomic mass is 16.3. The number of phenolic OH excluding ortho intramolecular Hbond substituents is 1. The van der Waals surface area contributed by atoms with Crippen molar-refractivity contribution in [1.29, 1.82) is 0 Å². The third kappa shape index (κ3) is 1.88. The van der Waals surface area contributed by atoms with Crippen LogP contribution in [-0.2, 0) is 0 Å². The Kier molecular flexibility index (Phi) is 2.92. The molecule has 1 aromatic carbocycles. The molecule has 0 saturated heterocycles. The van der Waals surface area contributed by atoms with Crippen LogP contribution in [0, 0.1) is 6.92 Å². The number of aromatic hydroxyl groups is 1. The molecule has 1 nitrogen and oxygen atoms in total. The molecule has 0 spiro atoms. The SMILES string of the molecule is CC/C=C/c1cccc(O)c1C. The van der Waals surface area contributed by atoms with Gasteiger partial charge in [0.25, 0.3) is 0 Å². The van der Waals surface area contributed by atoms with Crippen LogP contribution in [0.1, 0.15) is 24.5 Å². The molecule has 0 fully saturated rings. The Morgan fingerprint density at radius 1 is 1.42 bits per heavy atom. The van der Waals surface area contributed by atoms with Crippen molar-refractivity contribution in [3.8, 4) is 5.75 Å². The lowest BCUT2D eigenvalue weighted by Crippen LogP contribution is -1.79. The van der Waals surface area contributed by atoms with Crippen LogP contribution in [0.25, 0.3) is 6.08 Å². The Hall–Kier alpha value is -1.24. The van der Waals surface area contributed by atoms with E-state index in [2.05, 4.69) is 13.0 Å². The Morgan fingerprint density at radius 2 is 2.17 bits per heavy atom. The lowest BCUT2D eigenvalue weighted by atomic mass is 10.1. The van der Waals surface area contributed by atoms with Gasteiger partial charge in [0.1, 0.15) is 5.75 Å². The van der Waals surface area contributed by atoms with Crippen LogP contribution in [-0.4, -0.2) is 5.11 Å². The maximum absolute atomic E-state index is 9.37. The Labute approximate surface area is 73.4 Å². The van der Waals surface area contributed by atoms with Gasteiger partial charge < -0.3 is 5.11 Å². The van der Waals surface area contributed by atoms with E-state index < -0.39 is 0 Å². The second-order valence-corrected chi connectivity index (χ2v) is 2.80. The lowest BCUT2D eigenvalue weighted by Gasteiger charge is -2.01. The summed E-state index contributed by atoms with van der Waals surface area (Å²) in [5, 5.41) is 9.37. The van der Waals surface area contributed by atoms with E-state index in [1.807, 2.05) is 25.1 Å². The van der Waals surface area contributed by atoms with E-state index in [1.165, 1.54) is 0 Å². The smallest absolute Gasteiger partial charge is 0.119 e. The molecule has 0 aliphatic rings. The zero-order valence-corrected chi connectivity index (χ0v) is 7.54. The third-order valence-electron chi connectivity index (χ3n) is 1.88. The van der Waals surface area contributed by atoms with Gasteiger partial charge in [-0.3, -0.25) is 0 Å². The molecule has 1 aromatic rings. The normalized spacial score (nSPS) is 10.8. The van der Waals surface area contributed by atoms with Crippen molar-refractivity contribution in [2.75, 3.05) is 0 Å². The van der Waals surface area contributed by atoms with Crippen molar-refractivity contribution in [3.05, 3.63) is 35.4 Å². The van der Waals surface area contributed by atoms with Gasteiger partial charge in [0.05, 0.1) is 0 Å². The summed E-state index contributed by atoms with van der Waals surface area (Å²) in [6, 6.07) is 5.57. The molecule has 0 amide bonds. The van der Waals surface area contributed by atoms with Crippen molar-refractivity contribution in [2.45, 2.75) is 20.3 Å². The Bertz CT molecular complexity index is 287. The number of hydrogen-bond acceptors (Lipinski definition) is 1. The highest BCUT2D eigenvalue weighted by molar-refractivity contribution is 5.56. The summed E-state index contributed by atoms with van der Waals surface area (Å²) in [4.78, 5) is 0. The van der Waals surface area contributed by atoms with E-state index in [9.17, 15) is 5.11 Å². The summed E-state index contributed by atoms with van der Waals surface area (Å²) in [6.45, 7) is 4.01. The minimum absolute atomic E-state index is 0.369. The summed E-state index contributed by atoms with van der Waals surface area (Å²) in [6.07, 6.45) is 5.14. The topological polar surface area (TPSA) is 20.2 Å². The molecule has 64 valence electrons. The largest absolute Gasteiger partial charge is 0.508 e. The summed E-state index contributed by atoms with van der Waals surface area (Å²) in [7, 11) is 0. The quantitative estimate of drug-likeness (QED) is 0.708. The molecule has 1 heteroatoms. The molecular weight excluding hydrogens is 148 g/mol. The molecule has 0 aromatic heterocycles. The van der Waals surface area contributed by atoms with Crippen LogP contribution in [0.2, 0.25) is 0 Å². The molecule has 1 rings (SSSR count). The van der Waals surface area contributed by atoms with Crippen molar-refractivity contribution in [2.24, 2.45) is 0 Å². The van der Waals surface area contributed by atoms with Crippen LogP contribution in [0.5, 0.6) is 5.75 Å². The van der Waals surface area contributed by atoms with Crippen molar-refractivity contribution < 1.29 is 5.11 Å². The standard InChI is InChI=1S/C11H14O/c1-3-4-6-10-7-5-8-11(12)9(10)2/h4-8,12H,3H2,1-2H3/b6-4+. The van der Waals surface area contributed by atoms with E-state index in [0.717, 1.165) is 17.5 Å². The van der Waals surface area contributed by atoms with Gasteiger partial charge in [0.2, 0.25) is 0 Å². The predicted octanol–water partition coefficient (Wildman–Crippen LogP) is 3.12. The fourth-order valence-corrected chi connectivity index (χ4v) is 1.07. The molecule has 1 N–H and O–H groups in total. The van der Waals surface area contributed by atoms with Crippen LogP contribution in [0.4, 0.5) is 0 Å². The van der Waals surface area contributed by atoms with E-state index in [-0.39, 0.29) is 0 Å². The first kappa shape index (κ1) is 8.85. The molecular formula is C11H14O. The zero-order valence-electron chi connectivity index (χ0n) is 7.54. The first-order valence-corrected chi connectivity index (χ1v) is 4.20. The molecule has 0 unspecified atom stereocenters. The van der Waals surface area contributed by atoms with E-state index >= 15 is 0 Å².